The Labute approximate surface area is 342 Å². The molecule has 0 fully saturated rings. The second kappa shape index (κ2) is 12.9. The maximum absolute atomic E-state index is 7.00. The lowest BCUT2D eigenvalue weighted by molar-refractivity contribution is 0.438. The molecule has 276 valence electrons. The van der Waals surface area contributed by atoms with Crippen molar-refractivity contribution in [1.82, 2.24) is 15.0 Å². The van der Waals surface area contributed by atoms with E-state index in [4.69, 9.17) is 19.7 Å². The van der Waals surface area contributed by atoms with Gasteiger partial charge in [0.2, 0.25) is 0 Å². The number of hydrogen-bond acceptors (Lipinski definition) is 4. The molecule has 0 saturated heterocycles. The molecule has 10 aromatic rings. The summed E-state index contributed by atoms with van der Waals surface area (Å²) in [7, 11) is 0. The number of aromatic nitrogens is 3. The summed E-state index contributed by atoms with van der Waals surface area (Å²) in [6.07, 6.45) is 0. The van der Waals surface area contributed by atoms with E-state index in [1.165, 1.54) is 22.1 Å². The lowest BCUT2D eigenvalue weighted by atomic mass is 9.65. The van der Waals surface area contributed by atoms with Crippen LogP contribution in [0.1, 0.15) is 27.8 Å². The Bertz CT molecular complexity index is 3340. The van der Waals surface area contributed by atoms with Gasteiger partial charge in [-0.25, -0.2) is 15.0 Å². The van der Waals surface area contributed by atoms with Gasteiger partial charge < -0.3 is 4.74 Å². The van der Waals surface area contributed by atoms with Crippen molar-refractivity contribution in [3.05, 3.63) is 222 Å². The smallest absolute Gasteiger partial charge is 0.164 e. The number of hydrogen-bond donors (Lipinski definition) is 0. The molecular formula is C55H35N3O. The van der Waals surface area contributed by atoms with Crippen molar-refractivity contribution in [3.8, 4) is 67.9 Å². The van der Waals surface area contributed by atoms with Gasteiger partial charge in [-0.05, 0) is 68.4 Å². The highest BCUT2D eigenvalue weighted by Crippen LogP contribution is 2.64. The summed E-state index contributed by atoms with van der Waals surface area (Å²) in [6, 6.07) is 69.0. The largest absolute Gasteiger partial charge is 0.456 e. The van der Waals surface area contributed by atoms with Gasteiger partial charge in [-0.2, -0.15) is 0 Å². The van der Waals surface area contributed by atoms with Crippen molar-refractivity contribution in [1.29, 1.82) is 0 Å². The van der Waals surface area contributed by atoms with Crippen LogP contribution in [0, 0.1) is 6.92 Å². The zero-order valence-corrected chi connectivity index (χ0v) is 32.2. The number of ether oxygens (including phenoxy) is 1. The minimum Gasteiger partial charge on any atom is -0.456 e. The molecule has 1 spiro atoms. The van der Waals surface area contributed by atoms with Crippen LogP contribution in [0.2, 0.25) is 0 Å². The molecular weight excluding hydrogens is 719 g/mol. The van der Waals surface area contributed by atoms with Gasteiger partial charge in [-0.1, -0.05) is 188 Å². The molecule has 0 N–H and O–H groups in total. The lowest BCUT2D eigenvalue weighted by Gasteiger charge is -2.40. The number of aryl methyl sites for hydroxylation is 1. The molecule has 1 aliphatic heterocycles. The minimum absolute atomic E-state index is 0.629. The van der Waals surface area contributed by atoms with E-state index in [2.05, 4.69) is 201 Å². The summed E-state index contributed by atoms with van der Waals surface area (Å²) in [4.78, 5) is 16.0. The predicted octanol–water partition coefficient (Wildman–Crippen LogP) is 13.6. The second-order valence-corrected chi connectivity index (χ2v) is 15.6. The molecule has 2 heterocycles. The van der Waals surface area contributed by atoms with Crippen LogP contribution in [0.3, 0.4) is 0 Å². The predicted molar refractivity (Wildman–Crippen MR) is 239 cm³/mol. The summed E-state index contributed by atoms with van der Waals surface area (Å²) >= 11 is 0. The van der Waals surface area contributed by atoms with Crippen LogP contribution in [0.25, 0.3) is 78.0 Å². The summed E-state index contributed by atoms with van der Waals surface area (Å²) < 4.78 is 7.00. The molecule has 2 aliphatic rings. The van der Waals surface area contributed by atoms with E-state index in [0.717, 1.165) is 77.7 Å². The normalized spacial score (nSPS) is 14.7. The third-order valence-corrected chi connectivity index (χ3v) is 12.2. The number of nitrogens with zero attached hydrogens (tertiary/aromatic N) is 3. The molecule has 12 rings (SSSR count). The fourth-order valence-corrected chi connectivity index (χ4v) is 9.69. The van der Waals surface area contributed by atoms with Gasteiger partial charge >= 0.3 is 0 Å². The van der Waals surface area contributed by atoms with Crippen molar-refractivity contribution in [2.75, 3.05) is 0 Å². The first-order valence-corrected chi connectivity index (χ1v) is 20.1. The topological polar surface area (TPSA) is 47.9 Å². The molecule has 0 saturated carbocycles. The Morgan fingerprint density at radius 3 is 1.88 bits per heavy atom. The number of benzene rings is 9. The van der Waals surface area contributed by atoms with Crippen molar-refractivity contribution < 1.29 is 4.74 Å². The molecule has 0 radical (unpaired) electrons. The number of rotatable bonds is 4. The molecule has 1 atom stereocenters. The Hall–Kier alpha value is -7.69. The summed E-state index contributed by atoms with van der Waals surface area (Å²) in [6.45, 7) is 2.14. The highest BCUT2D eigenvalue weighted by molar-refractivity contribution is 5.98. The maximum atomic E-state index is 7.00. The highest BCUT2D eigenvalue weighted by Gasteiger charge is 2.52. The van der Waals surface area contributed by atoms with Gasteiger partial charge in [0, 0.05) is 33.4 Å². The van der Waals surface area contributed by atoms with Crippen molar-refractivity contribution in [3.63, 3.8) is 0 Å². The first-order valence-electron chi connectivity index (χ1n) is 20.1. The van der Waals surface area contributed by atoms with Gasteiger partial charge in [-0.15, -0.1) is 0 Å². The van der Waals surface area contributed by atoms with Crippen LogP contribution >= 0.6 is 0 Å². The Balaban J connectivity index is 1.15. The summed E-state index contributed by atoms with van der Waals surface area (Å²) in [5.41, 5.74) is 12.5. The first-order chi connectivity index (χ1) is 29.1. The molecule has 1 unspecified atom stereocenters. The van der Waals surface area contributed by atoms with Crippen molar-refractivity contribution >= 4 is 21.5 Å². The Morgan fingerprint density at radius 1 is 0.390 bits per heavy atom. The van der Waals surface area contributed by atoms with Crippen LogP contribution in [0.15, 0.2) is 194 Å². The third kappa shape index (κ3) is 5.00. The van der Waals surface area contributed by atoms with Crippen LogP contribution in [0.5, 0.6) is 11.5 Å². The van der Waals surface area contributed by atoms with E-state index in [1.54, 1.807) is 0 Å². The lowest BCUT2D eigenvalue weighted by Crippen LogP contribution is -2.32. The highest BCUT2D eigenvalue weighted by atomic mass is 16.5. The van der Waals surface area contributed by atoms with Crippen molar-refractivity contribution in [2.24, 2.45) is 0 Å². The average molecular weight is 754 g/mol. The quantitative estimate of drug-likeness (QED) is 0.180. The number of fused-ring (bicyclic) bond motifs is 11. The van der Waals surface area contributed by atoms with E-state index < -0.39 is 5.41 Å². The van der Waals surface area contributed by atoms with Crippen LogP contribution in [0.4, 0.5) is 0 Å². The fourth-order valence-electron chi connectivity index (χ4n) is 9.69. The van der Waals surface area contributed by atoms with Crippen LogP contribution in [-0.4, -0.2) is 15.0 Å². The monoisotopic (exact) mass is 753 g/mol. The van der Waals surface area contributed by atoms with Gasteiger partial charge in [0.05, 0.1) is 5.41 Å². The zero-order chi connectivity index (χ0) is 39.1. The second-order valence-electron chi connectivity index (χ2n) is 15.6. The summed E-state index contributed by atoms with van der Waals surface area (Å²) in [5, 5.41) is 4.54. The molecule has 59 heavy (non-hydrogen) atoms. The van der Waals surface area contributed by atoms with E-state index in [0.29, 0.717) is 17.5 Å². The molecule has 1 aromatic heterocycles. The van der Waals surface area contributed by atoms with Crippen LogP contribution < -0.4 is 4.74 Å². The molecule has 0 amide bonds. The van der Waals surface area contributed by atoms with Gasteiger partial charge in [0.15, 0.2) is 17.5 Å². The van der Waals surface area contributed by atoms with Crippen molar-refractivity contribution in [2.45, 2.75) is 12.3 Å². The van der Waals surface area contributed by atoms with Gasteiger partial charge in [0.1, 0.15) is 11.5 Å². The fraction of sp³-hybridized carbons (Fsp3) is 0.0364. The third-order valence-electron chi connectivity index (χ3n) is 12.2. The summed E-state index contributed by atoms with van der Waals surface area (Å²) in [5.74, 6) is 3.63. The zero-order valence-electron chi connectivity index (χ0n) is 32.2. The average Bonchev–Trinajstić information content (AvgIpc) is 3.59. The van der Waals surface area contributed by atoms with Gasteiger partial charge in [0.25, 0.3) is 0 Å². The number of para-hydroxylation sites is 2. The van der Waals surface area contributed by atoms with E-state index in [1.807, 2.05) is 0 Å². The van der Waals surface area contributed by atoms with E-state index >= 15 is 0 Å². The maximum Gasteiger partial charge on any atom is 0.164 e. The molecule has 0 bridgehead atoms. The Kier molecular flexibility index (Phi) is 7.32. The molecule has 4 heteroatoms. The molecule has 1 aliphatic carbocycles. The van der Waals surface area contributed by atoms with Gasteiger partial charge in [-0.3, -0.25) is 0 Å². The Morgan fingerprint density at radius 2 is 1.00 bits per heavy atom. The molecule has 4 nitrogen and oxygen atoms in total. The van der Waals surface area contributed by atoms with Crippen LogP contribution in [-0.2, 0) is 5.41 Å². The minimum atomic E-state index is -0.668. The SMILES string of the molecule is Cc1cccc(-c2cccc3c2Oc2ccccc2C32c3ccccc3-c3c(-c4nc(-c5ccc6ccccc6c5)nc(-c5cccc6ccccc56)n4)cccc32)c1. The standard InChI is InChI=1S/C55H35N3O/c1-34-14-10-19-38(32-34)41-22-12-28-48-51(41)59-49-29-9-8-26-46(49)55(48)45-25-7-6-21-43(45)50-44(24-13-27-47(50)55)54-57-52(39-31-30-35-15-2-3-17-37(35)33-39)56-53(58-54)42-23-11-18-36-16-4-5-20-40(36)42/h2-33H,1H3. The van der Waals surface area contributed by atoms with E-state index in [9.17, 15) is 0 Å². The molecule has 9 aromatic carbocycles. The van der Waals surface area contributed by atoms with E-state index in [-0.39, 0.29) is 0 Å². The first kappa shape index (κ1) is 33.4.